The molecule has 0 saturated carbocycles. The van der Waals surface area contributed by atoms with Crippen molar-refractivity contribution in [3.8, 4) is 28.3 Å². The summed E-state index contributed by atoms with van der Waals surface area (Å²) in [5.74, 6) is 0.861. The SMILES string of the molecule is COc1cccc2cccc(-c3nc(-c4ccc5ccccc5c4)cc4ccccc34)c12. The lowest BCUT2D eigenvalue weighted by molar-refractivity contribution is 0.420. The Morgan fingerprint density at radius 2 is 1.31 bits per heavy atom. The van der Waals surface area contributed by atoms with E-state index in [0.717, 1.165) is 44.4 Å². The fourth-order valence-electron chi connectivity index (χ4n) is 4.57. The predicted molar refractivity (Wildman–Crippen MR) is 134 cm³/mol. The van der Waals surface area contributed by atoms with Gasteiger partial charge in [0.05, 0.1) is 18.5 Å². The molecule has 2 heteroatoms. The van der Waals surface area contributed by atoms with Gasteiger partial charge in [0.1, 0.15) is 5.75 Å². The van der Waals surface area contributed by atoms with Crippen molar-refractivity contribution >= 4 is 32.3 Å². The van der Waals surface area contributed by atoms with Crippen molar-refractivity contribution in [1.29, 1.82) is 0 Å². The largest absolute Gasteiger partial charge is 0.496 e. The molecule has 0 aliphatic rings. The maximum atomic E-state index is 5.74. The maximum Gasteiger partial charge on any atom is 0.127 e. The second kappa shape index (κ2) is 7.51. The molecular formula is C30H21NO. The first-order chi connectivity index (χ1) is 15.8. The second-order valence-electron chi connectivity index (χ2n) is 8.00. The molecule has 32 heavy (non-hydrogen) atoms. The van der Waals surface area contributed by atoms with Crippen LogP contribution < -0.4 is 4.74 Å². The summed E-state index contributed by atoms with van der Waals surface area (Å²) in [4.78, 5) is 5.22. The molecule has 6 rings (SSSR count). The summed E-state index contributed by atoms with van der Waals surface area (Å²) in [5, 5.41) is 6.99. The van der Waals surface area contributed by atoms with Crippen molar-refractivity contribution in [2.45, 2.75) is 0 Å². The molecule has 1 heterocycles. The van der Waals surface area contributed by atoms with Crippen LogP contribution in [0, 0.1) is 0 Å². The fourth-order valence-corrected chi connectivity index (χ4v) is 4.57. The standard InChI is InChI=1S/C30H21NO/c1-32-28-15-7-12-21-11-6-14-26(29(21)28)30-25-13-5-4-10-23(25)19-27(31-30)24-17-16-20-8-2-3-9-22(20)18-24/h2-19H,1H3. The van der Waals surface area contributed by atoms with Gasteiger partial charge in [0, 0.05) is 21.9 Å². The van der Waals surface area contributed by atoms with E-state index in [9.17, 15) is 0 Å². The Labute approximate surface area is 186 Å². The summed E-state index contributed by atoms with van der Waals surface area (Å²) >= 11 is 0. The van der Waals surface area contributed by atoms with Gasteiger partial charge in [-0.1, -0.05) is 91.0 Å². The molecule has 0 N–H and O–H groups in total. The number of pyridine rings is 1. The van der Waals surface area contributed by atoms with E-state index in [1.807, 2.05) is 12.1 Å². The first-order valence-corrected chi connectivity index (χ1v) is 10.8. The summed E-state index contributed by atoms with van der Waals surface area (Å²) in [7, 11) is 1.72. The third-order valence-electron chi connectivity index (χ3n) is 6.13. The van der Waals surface area contributed by atoms with E-state index in [4.69, 9.17) is 9.72 Å². The Bertz CT molecular complexity index is 1610. The number of aromatic nitrogens is 1. The van der Waals surface area contributed by atoms with Gasteiger partial charge in [0.2, 0.25) is 0 Å². The van der Waals surface area contributed by atoms with Gasteiger partial charge >= 0.3 is 0 Å². The lowest BCUT2D eigenvalue weighted by Crippen LogP contribution is -1.94. The van der Waals surface area contributed by atoms with Crippen LogP contribution in [0.1, 0.15) is 0 Å². The molecule has 2 nitrogen and oxygen atoms in total. The third kappa shape index (κ3) is 3.00. The molecule has 0 aliphatic heterocycles. The van der Waals surface area contributed by atoms with Crippen LogP contribution >= 0.6 is 0 Å². The second-order valence-corrected chi connectivity index (χ2v) is 8.00. The maximum absolute atomic E-state index is 5.74. The lowest BCUT2D eigenvalue weighted by atomic mass is 9.96. The first kappa shape index (κ1) is 18.6. The molecule has 0 spiro atoms. The van der Waals surface area contributed by atoms with Gasteiger partial charge < -0.3 is 4.74 Å². The molecule has 5 aromatic carbocycles. The topological polar surface area (TPSA) is 22.1 Å². The lowest BCUT2D eigenvalue weighted by Gasteiger charge is -2.14. The predicted octanol–water partition coefficient (Wildman–Crippen LogP) is 7.88. The number of fused-ring (bicyclic) bond motifs is 3. The van der Waals surface area contributed by atoms with Gasteiger partial charge in [-0.25, -0.2) is 4.98 Å². The van der Waals surface area contributed by atoms with Crippen molar-refractivity contribution in [3.05, 3.63) is 109 Å². The zero-order chi connectivity index (χ0) is 21.5. The summed E-state index contributed by atoms with van der Waals surface area (Å²) in [6, 6.07) is 38.2. The quantitative estimate of drug-likeness (QED) is 0.295. The number of methoxy groups -OCH3 is 1. The van der Waals surface area contributed by atoms with Crippen LogP contribution in [-0.2, 0) is 0 Å². The monoisotopic (exact) mass is 411 g/mol. The van der Waals surface area contributed by atoms with Crippen LogP contribution in [0.4, 0.5) is 0 Å². The third-order valence-corrected chi connectivity index (χ3v) is 6.13. The molecule has 0 fully saturated rings. The van der Waals surface area contributed by atoms with E-state index >= 15 is 0 Å². The van der Waals surface area contributed by atoms with Crippen LogP contribution in [0.15, 0.2) is 109 Å². The van der Waals surface area contributed by atoms with Crippen LogP contribution in [0.3, 0.4) is 0 Å². The van der Waals surface area contributed by atoms with Crippen LogP contribution in [0.5, 0.6) is 5.75 Å². The van der Waals surface area contributed by atoms with E-state index in [1.165, 1.54) is 16.2 Å². The van der Waals surface area contributed by atoms with Crippen molar-refractivity contribution in [1.82, 2.24) is 4.98 Å². The fraction of sp³-hybridized carbons (Fsp3) is 0.0333. The van der Waals surface area contributed by atoms with E-state index in [-0.39, 0.29) is 0 Å². The van der Waals surface area contributed by atoms with Crippen molar-refractivity contribution in [2.24, 2.45) is 0 Å². The first-order valence-electron chi connectivity index (χ1n) is 10.8. The average molecular weight is 412 g/mol. The number of nitrogens with zero attached hydrogens (tertiary/aromatic N) is 1. The van der Waals surface area contributed by atoms with Crippen molar-refractivity contribution in [3.63, 3.8) is 0 Å². The molecule has 0 bridgehead atoms. The molecule has 0 aliphatic carbocycles. The van der Waals surface area contributed by atoms with Crippen molar-refractivity contribution in [2.75, 3.05) is 7.11 Å². The number of hydrogen-bond acceptors (Lipinski definition) is 2. The summed E-state index contributed by atoms with van der Waals surface area (Å²) < 4.78 is 5.74. The normalized spacial score (nSPS) is 11.3. The molecule has 6 aromatic rings. The van der Waals surface area contributed by atoms with E-state index in [2.05, 4.69) is 97.1 Å². The number of hydrogen-bond donors (Lipinski definition) is 0. The highest BCUT2D eigenvalue weighted by molar-refractivity contribution is 6.07. The van der Waals surface area contributed by atoms with Crippen LogP contribution in [-0.4, -0.2) is 12.1 Å². The van der Waals surface area contributed by atoms with Crippen LogP contribution in [0.2, 0.25) is 0 Å². The van der Waals surface area contributed by atoms with Crippen LogP contribution in [0.25, 0.3) is 54.8 Å². The summed E-state index contributed by atoms with van der Waals surface area (Å²) in [5.41, 5.74) is 4.14. The van der Waals surface area contributed by atoms with Gasteiger partial charge in [0.25, 0.3) is 0 Å². The molecule has 0 unspecified atom stereocenters. The Hall–Kier alpha value is -4.17. The molecule has 1 aromatic heterocycles. The van der Waals surface area contributed by atoms with E-state index in [0.29, 0.717) is 0 Å². The minimum Gasteiger partial charge on any atom is -0.496 e. The highest BCUT2D eigenvalue weighted by Crippen LogP contribution is 2.39. The van der Waals surface area contributed by atoms with Crippen molar-refractivity contribution < 1.29 is 4.74 Å². The van der Waals surface area contributed by atoms with E-state index in [1.54, 1.807) is 7.11 Å². The minimum absolute atomic E-state index is 0.861. The van der Waals surface area contributed by atoms with E-state index < -0.39 is 0 Å². The highest BCUT2D eigenvalue weighted by Gasteiger charge is 2.15. The Morgan fingerprint density at radius 1 is 0.594 bits per heavy atom. The van der Waals surface area contributed by atoms with Gasteiger partial charge in [0.15, 0.2) is 0 Å². The Balaban J connectivity index is 1.67. The van der Waals surface area contributed by atoms with Gasteiger partial charge in [-0.3, -0.25) is 0 Å². The zero-order valence-electron chi connectivity index (χ0n) is 17.7. The number of ether oxygens (including phenoxy) is 1. The van der Waals surface area contributed by atoms with Gasteiger partial charge in [-0.15, -0.1) is 0 Å². The molecular weight excluding hydrogens is 390 g/mol. The number of benzene rings is 5. The smallest absolute Gasteiger partial charge is 0.127 e. The van der Waals surface area contributed by atoms with Gasteiger partial charge in [-0.2, -0.15) is 0 Å². The summed E-state index contributed by atoms with van der Waals surface area (Å²) in [6.45, 7) is 0. The summed E-state index contributed by atoms with van der Waals surface area (Å²) in [6.07, 6.45) is 0. The molecule has 0 radical (unpaired) electrons. The van der Waals surface area contributed by atoms with Gasteiger partial charge in [-0.05, 0) is 39.7 Å². The molecule has 0 amide bonds. The highest BCUT2D eigenvalue weighted by atomic mass is 16.5. The Morgan fingerprint density at radius 3 is 2.16 bits per heavy atom. The molecule has 152 valence electrons. The Kier molecular flexibility index (Phi) is 4.36. The molecule has 0 saturated heterocycles. The molecule has 0 atom stereocenters. The minimum atomic E-state index is 0.861. The zero-order valence-corrected chi connectivity index (χ0v) is 17.7. The number of rotatable bonds is 3. The average Bonchev–Trinajstić information content (AvgIpc) is 2.87.